The fourth-order valence-corrected chi connectivity index (χ4v) is 2.81. The Labute approximate surface area is 136 Å². The van der Waals surface area contributed by atoms with E-state index in [-0.39, 0.29) is 5.91 Å². The van der Waals surface area contributed by atoms with E-state index < -0.39 is 0 Å². The molecule has 2 aromatic rings. The van der Waals surface area contributed by atoms with Crippen molar-refractivity contribution in [1.82, 2.24) is 20.0 Å². The number of aromatic nitrogens is 2. The molecule has 1 N–H and O–H groups in total. The molecule has 6 heteroatoms. The Hall–Kier alpha value is -2.34. The number of rotatable bonds is 4. The van der Waals surface area contributed by atoms with Crippen molar-refractivity contribution in [2.75, 3.05) is 20.2 Å². The van der Waals surface area contributed by atoms with E-state index in [9.17, 15) is 4.79 Å². The molecule has 122 valence electrons. The van der Waals surface area contributed by atoms with E-state index >= 15 is 0 Å². The molecule has 0 bridgehead atoms. The van der Waals surface area contributed by atoms with Crippen LogP contribution >= 0.6 is 0 Å². The maximum Gasteiger partial charge on any atom is 0.221 e. The molecule has 1 atom stereocenters. The quantitative estimate of drug-likeness (QED) is 0.931. The monoisotopic (exact) mass is 314 g/mol. The molecule has 23 heavy (non-hydrogen) atoms. The minimum Gasteiger partial charge on any atom is -0.494 e. The van der Waals surface area contributed by atoms with Gasteiger partial charge in [-0.05, 0) is 19.1 Å². The average Bonchev–Trinajstić information content (AvgIpc) is 2.98. The number of nitrogens with zero attached hydrogens (tertiary/aromatic N) is 3. The highest BCUT2D eigenvalue weighted by Gasteiger charge is 2.20. The normalized spacial score (nSPS) is 19.2. The smallest absolute Gasteiger partial charge is 0.221 e. The topological polar surface area (TPSA) is 59.4 Å². The van der Waals surface area contributed by atoms with E-state index in [1.54, 1.807) is 7.11 Å². The summed E-state index contributed by atoms with van der Waals surface area (Å²) in [6, 6.07) is 8.12. The Balaban J connectivity index is 1.75. The van der Waals surface area contributed by atoms with Crippen molar-refractivity contribution in [1.29, 1.82) is 0 Å². The predicted molar refractivity (Wildman–Crippen MR) is 87.6 cm³/mol. The van der Waals surface area contributed by atoms with Gasteiger partial charge >= 0.3 is 0 Å². The fourth-order valence-electron chi connectivity index (χ4n) is 2.81. The molecule has 6 nitrogen and oxygen atoms in total. The molecule has 1 aliphatic rings. The van der Waals surface area contributed by atoms with Crippen LogP contribution in [0.5, 0.6) is 5.75 Å². The first-order valence-electron chi connectivity index (χ1n) is 7.85. The van der Waals surface area contributed by atoms with Crippen LogP contribution in [0.4, 0.5) is 0 Å². The molecule has 0 aliphatic carbocycles. The molecule has 1 aromatic heterocycles. The number of carbonyl (C=O) groups excluding carboxylic acids is 1. The van der Waals surface area contributed by atoms with Gasteiger partial charge in [-0.15, -0.1) is 0 Å². The number of nitrogens with one attached hydrogen (secondary N) is 1. The summed E-state index contributed by atoms with van der Waals surface area (Å²) in [6.45, 7) is 4.38. The maximum absolute atomic E-state index is 11.5. The fraction of sp³-hybridized carbons (Fsp3) is 0.412. The van der Waals surface area contributed by atoms with E-state index in [1.165, 1.54) is 0 Å². The van der Waals surface area contributed by atoms with Crippen LogP contribution in [0, 0.1) is 0 Å². The van der Waals surface area contributed by atoms with Crippen molar-refractivity contribution in [3.05, 3.63) is 42.2 Å². The summed E-state index contributed by atoms with van der Waals surface area (Å²) >= 11 is 0. The largest absolute Gasteiger partial charge is 0.494 e. The third-order valence-corrected chi connectivity index (χ3v) is 4.20. The lowest BCUT2D eigenvalue weighted by Gasteiger charge is -2.25. The van der Waals surface area contributed by atoms with Gasteiger partial charge in [0.2, 0.25) is 5.91 Å². The summed E-state index contributed by atoms with van der Waals surface area (Å²) in [6.07, 6.45) is 4.44. The first-order valence-corrected chi connectivity index (χ1v) is 7.85. The first-order chi connectivity index (χ1) is 11.2. The third-order valence-electron chi connectivity index (χ3n) is 4.20. The van der Waals surface area contributed by atoms with Gasteiger partial charge in [-0.2, -0.15) is 5.10 Å². The summed E-state index contributed by atoms with van der Waals surface area (Å²) < 4.78 is 7.22. The molecular weight excluding hydrogens is 292 g/mol. The van der Waals surface area contributed by atoms with E-state index in [2.05, 4.69) is 22.2 Å². The van der Waals surface area contributed by atoms with E-state index in [0.717, 1.165) is 30.1 Å². The van der Waals surface area contributed by atoms with Gasteiger partial charge in [0.1, 0.15) is 11.4 Å². The van der Waals surface area contributed by atoms with Crippen molar-refractivity contribution in [3.8, 4) is 11.4 Å². The average molecular weight is 314 g/mol. The van der Waals surface area contributed by atoms with Crippen molar-refractivity contribution >= 4 is 5.91 Å². The number of amides is 1. The van der Waals surface area contributed by atoms with Crippen LogP contribution in [0.2, 0.25) is 0 Å². The SMILES string of the molecule is COc1ccccc1-n1cc(CN2CCC(=O)NCC2C)cn1. The van der Waals surface area contributed by atoms with E-state index in [0.29, 0.717) is 19.0 Å². The molecule has 3 rings (SSSR count). The van der Waals surface area contributed by atoms with Crippen molar-refractivity contribution < 1.29 is 9.53 Å². The highest BCUT2D eigenvalue weighted by Crippen LogP contribution is 2.22. The second kappa shape index (κ2) is 6.83. The molecular formula is C17H22N4O2. The van der Waals surface area contributed by atoms with Crippen LogP contribution < -0.4 is 10.1 Å². The lowest BCUT2D eigenvalue weighted by Crippen LogP contribution is -2.37. The summed E-state index contributed by atoms with van der Waals surface area (Å²) in [5.74, 6) is 0.921. The first kappa shape index (κ1) is 15.6. The standard InChI is InChI=1S/C17H22N4O2/c1-13-9-18-17(22)7-8-20(13)11-14-10-19-21(12-14)15-5-3-4-6-16(15)23-2/h3-6,10,12-13H,7-9,11H2,1-2H3,(H,18,22). The van der Waals surface area contributed by atoms with Gasteiger partial charge < -0.3 is 10.1 Å². The third kappa shape index (κ3) is 3.53. The molecule has 1 saturated heterocycles. The van der Waals surface area contributed by atoms with Gasteiger partial charge in [0.05, 0.1) is 13.3 Å². The lowest BCUT2D eigenvalue weighted by molar-refractivity contribution is -0.120. The number of methoxy groups -OCH3 is 1. The number of benzene rings is 1. The van der Waals surface area contributed by atoms with Crippen molar-refractivity contribution in [3.63, 3.8) is 0 Å². The van der Waals surface area contributed by atoms with E-state index in [4.69, 9.17) is 4.74 Å². The number of para-hydroxylation sites is 2. The van der Waals surface area contributed by atoms with Gasteiger partial charge in [0.15, 0.2) is 0 Å². The maximum atomic E-state index is 11.5. The molecule has 0 radical (unpaired) electrons. The molecule has 1 aromatic carbocycles. The van der Waals surface area contributed by atoms with Crippen LogP contribution in [-0.2, 0) is 11.3 Å². The summed E-state index contributed by atoms with van der Waals surface area (Å²) in [7, 11) is 1.66. The number of hydrogen-bond donors (Lipinski definition) is 1. The molecule has 1 aliphatic heterocycles. The minimum absolute atomic E-state index is 0.129. The van der Waals surface area contributed by atoms with Gasteiger partial charge in [-0.1, -0.05) is 12.1 Å². The Morgan fingerprint density at radius 2 is 2.22 bits per heavy atom. The summed E-state index contributed by atoms with van der Waals surface area (Å²) in [4.78, 5) is 13.8. The molecule has 1 amide bonds. The number of carbonyl (C=O) groups is 1. The van der Waals surface area contributed by atoms with Crippen LogP contribution in [-0.4, -0.2) is 46.8 Å². The van der Waals surface area contributed by atoms with Gasteiger partial charge in [-0.25, -0.2) is 4.68 Å². The minimum atomic E-state index is 0.129. The van der Waals surface area contributed by atoms with Crippen LogP contribution in [0.3, 0.4) is 0 Å². The number of ether oxygens (including phenoxy) is 1. The zero-order valence-electron chi connectivity index (χ0n) is 13.5. The second-order valence-electron chi connectivity index (χ2n) is 5.84. The van der Waals surface area contributed by atoms with Gasteiger partial charge in [-0.3, -0.25) is 9.69 Å². The Morgan fingerprint density at radius 1 is 1.39 bits per heavy atom. The summed E-state index contributed by atoms with van der Waals surface area (Å²) in [5.41, 5.74) is 2.04. The highest BCUT2D eigenvalue weighted by atomic mass is 16.5. The molecule has 0 spiro atoms. The predicted octanol–water partition coefficient (Wildman–Crippen LogP) is 1.59. The Bertz CT molecular complexity index is 683. The summed E-state index contributed by atoms with van der Waals surface area (Å²) in [5, 5.41) is 7.39. The molecule has 2 heterocycles. The molecule has 0 saturated carbocycles. The van der Waals surface area contributed by atoms with Crippen molar-refractivity contribution in [2.45, 2.75) is 25.9 Å². The molecule has 1 fully saturated rings. The van der Waals surface area contributed by atoms with Crippen LogP contribution in [0.25, 0.3) is 5.69 Å². The Kier molecular flexibility index (Phi) is 4.62. The molecule has 1 unspecified atom stereocenters. The second-order valence-corrected chi connectivity index (χ2v) is 5.84. The van der Waals surface area contributed by atoms with Crippen molar-refractivity contribution in [2.24, 2.45) is 0 Å². The van der Waals surface area contributed by atoms with Gasteiger partial charge in [0.25, 0.3) is 0 Å². The van der Waals surface area contributed by atoms with Gasteiger partial charge in [0, 0.05) is 43.9 Å². The highest BCUT2D eigenvalue weighted by molar-refractivity contribution is 5.76. The van der Waals surface area contributed by atoms with E-state index in [1.807, 2.05) is 41.3 Å². The Morgan fingerprint density at radius 3 is 3.04 bits per heavy atom. The van der Waals surface area contributed by atoms with Crippen LogP contribution in [0.15, 0.2) is 36.7 Å². The number of hydrogen-bond acceptors (Lipinski definition) is 4. The van der Waals surface area contributed by atoms with Crippen LogP contribution in [0.1, 0.15) is 18.9 Å². The zero-order chi connectivity index (χ0) is 16.2. The zero-order valence-corrected chi connectivity index (χ0v) is 13.5. The lowest BCUT2D eigenvalue weighted by atomic mass is 10.2.